The minimum absolute atomic E-state index is 1.06. The van der Waals surface area contributed by atoms with Gasteiger partial charge in [-0.2, -0.15) is 0 Å². The van der Waals surface area contributed by atoms with Crippen molar-refractivity contribution in [1.82, 2.24) is 4.90 Å². The van der Waals surface area contributed by atoms with Gasteiger partial charge < -0.3 is 0 Å². The molecule has 68 valence electrons. The Bertz CT molecular complexity index is 181. The van der Waals surface area contributed by atoms with Gasteiger partial charge in [0.25, 0.3) is 0 Å². The third-order valence-corrected chi connectivity index (χ3v) is 2.40. The molecule has 1 saturated heterocycles. The van der Waals surface area contributed by atoms with Crippen molar-refractivity contribution >= 4 is 0 Å². The molecule has 1 aliphatic heterocycles. The first-order valence-corrected chi connectivity index (χ1v) is 4.78. The Morgan fingerprint density at radius 2 is 2.33 bits per heavy atom. The maximum Gasteiger partial charge on any atom is 0.0193 e. The zero-order valence-corrected chi connectivity index (χ0v) is 8.10. The summed E-state index contributed by atoms with van der Waals surface area (Å²) in [6.45, 7) is 13.6. The lowest BCUT2D eigenvalue weighted by molar-refractivity contribution is 0.286. The molecule has 0 atom stereocenters. The standard InChI is InChI=1S/C11H19N/c1-4-10(2)8-12-7-5-6-11(3)9-12/h2-9H2,1H3. The van der Waals surface area contributed by atoms with Crippen molar-refractivity contribution in [1.29, 1.82) is 0 Å². The molecule has 0 aromatic heterocycles. The van der Waals surface area contributed by atoms with Crippen molar-refractivity contribution in [3.05, 3.63) is 24.3 Å². The van der Waals surface area contributed by atoms with E-state index in [0.29, 0.717) is 0 Å². The molecule has 0 N–H and O–H groups in total. The molecule has 0 bridgehead atoms. The number of rotatable bonds is 3. The average molecular weight is 165 g/mol. The monoisotopic (exact) mass is 165 g/mol. The molecule has 0 saturated carbocycles. The van der Waals surface area contributed by atoms with E-state index < -0.39 is 0 Å². The van der Waals surface area contributed by atoms with Gasteiger partial charge in [-0.1, -0.05) is 31.2 Å². The SMILES string of the molecule is C=C(CC)CN1CCCC(=C)C1. The Kier molecular flexibility index (Phi) is 3.54. The van der Waals surface area contributed by atoms with E-state index in [1.54, 1.807) is 0 Å². The molecular formula is C11H19N. The molecule has 0 aliphatic carbocycles. The largest absolute Gasteiger partial charge is 0.296 e. The third-order valence-electron chi connectivity index (χ3n) is 2.40. The van der Waals surface area contributed by atoms with Gasteiger partial charge in [0, 0.05) is 13.1 Å². The van der Waals surface area contributed by atoms with Crippen molar-refractivity contribution in [2.75, 3.05) is 19.6 Å². The molecule has 0 amide bonds. The first-order chi connectivity index (χ1) is 5.72. The smallest absolute Gasteiger partial charge is 0.0193 e. The number of piperidine rings is 1. The topological polar surface area (TPSA) is 3.24 Å². The molecule has 1 fully saturated rings. The van der Waals surface area contributed by atoms with Crippen LogP contribution in [-0.2, 0) is 0 Å². The first-order valence-electron chi connectivity index (χ1n) is 4.78. The predicted octanol–water partition coefficient (Wildman–Crippen LogP) is 2.60. The van der Waals surface area contributed by atoms with E-state index in [1.807, 2.05) is 0 Å². The summed E-state index contributed by atoms with van der Waals surface area (Å²) in [5.41, 5.74) is 2.72. The second-order valence-electron chi connectivity index (χ2n) is 3.67. The van der Waals surface area contributed by atoms with Crippen molar-refractivity contribution < 1.29 is 0 Å². The average Bonchev–Trinajstić information content (AvgIpc) is 2.04. The highest BCUT2D eigenvalue weighted by Gasteiger charge is 2.12. The van der Waals surface area contributed by atoms with Crippen molar-refractivity contribution in [2.24, 2.45) is 0 Å². The Morgan fingerprint density at radius 3 is 2.92 bits per heavy atom. The summed E-state index contributed by atoms with van der Waals surface area (Å²) in [5.74, 6) is 0. The second-order valence-corrected chi connectivity index (χ2v) is 3.67. The van der Waals surface area contributed by atoms with Crippen molar-refractivity contribution in [2.45, 2.75) is 26.2 Å². The Balaban J connectivity index is 2.32. The van der Waals surface area contributed by atoms with E-state index in [4.69, 9.17) is 0 Å². The van der Waals surface area contributed by atoms with Gasteiger partial charge in [0.15, 0.2) is 0 Å². The van der Waals surface area contributed by atoms with Crippen LogP contribution in [0.25, 0.3) is 0 Å². The Hall–Kier alpha value is -0.560. The summed E-state index contributed by atoms with van der Waals surface area (Å²) in [7, 11) is 0. The molecular weight excluding hydrogens is 146 g/mol. The summed E-state index contributed by atoms with van der Waals surface area (Å²) in [6, 6.07) is 0. The van der Waals surface area contributed by atoms with Gasteiger partial charge in [-0.3, -0.25) is 4.90 Å². The molecule has 0 unspecified atom stereocenters. The van der Waals surface area contributed by atoms with E-state index in [2.05, 4.69) is 25.0 Å². The van der Waals surface area contributed by atoms with Crippen LogP contribution >= 0.6 is 0 Å². The lowest BCUT2D eigenvalue weighted by atomic mass is 10.1. The van der Waals surface area contributed by atoms with Crippen molar-refractivity contribution in [3.63, 3.8) is 0 Å². The molecule has 0 aromatic carbocycles. The molecule has 1 aliphatic rings. The Morgan fingerprint density at radius 1 is 1.58 bits per heavy atom. The molecule has 12 heavy (non-hydrogen) atoms. The second kappa shape index (κ2) is 4.46. The number of hydrogen-bond donors (Lipinski definition) is 0. The number of nitrogens with zero attached hydrogens (tertiary/aromatic N) is 1. The first kappa shape index (κ1) is 9.53. The van der Waals surface area contributed by atoms with E-state index in [1.165, 1.54) is 30.5 Å². The maximum atomic E-state index is 4.03. The summed E-state index contributed by atoms with van der Waals surface area (Å²) >= 11 is 0. The van der Waals surface area contributed by atoms with Gasteiger partial charge in [0.05, 0.1) is 0 Å². The summed E-state index contributed by atoms with van der Waals surface area (Å²) in [5, 5.41) is 0. The van der Waals surface area contributed by atoms with Crippen molar-refractivity contribution in [3.8, 4) is 0 Å². The summed E-state index contributed by atoms with van der Waals surface area (Å²) < 4.78 is 0. The highest BCUT2D eigenvalue weighted by molar-refractivity contribution is 5.04. The lowest BCUT2D eigenvalue weighted by Gasteiger charge is -2.28. The van der Waals surface area contributed by atoms with Gasteiger partial charge in [-0.25, -0.2) is 0 Å². The van der Waals surface area contributed by atoms with Gasteiger partial charge in [0.2, 0.25) is 0 Å². The van der Waals surface area contributed by atoms with Crippen LogP contribution in [0.2, 0.25) is 0 Å². The van der Waals surface area contributed by atoms with E-state index in [0.717, 1.165) is 19.5 Å². The highest BCUT2D eigenvalue weighted by Crippen LogP contribution is 2.14. The normalized spacial score (nSPS) is 19.6. The highest BCUT2D eigenvalue weighted by atomic mass is 15.1. The van der Waals surface area contributed by atoms with E-state index in [-0.39, 0.29) is 0 Å². The molecule has 0 spiro atoms. The molecule has 0 radical (unpaired) electrons. The van der Waals surface area contributed by atoms with Crippen LogP contribution in [0.3, 0.4) is 0 Å². The number of hydrogen-bond acceptors (Lipinski definition) is 1. The van der Waals surface area contributed by atoms with Crippen LogP contribution in [0, 0.1) is 0 Å². The molecule has 1 nitrogen and oxygen atoms in total. The summed E-state index contributed by atoms with van der Waals surface area (Å²) in [4.78, 5) is 2.44. The molecule has 1 heterocycles. The van der Waals surface area contributed by atoms with Crippen LogP contribution in [0.4, 0.5) is 0 Å². The zero-order valence-electron chi connectivity index (χ0n) is 8.10. The van der Waals surface area contributed by atoms with Crippen LogP contribution in [-0.4, -0.2) is 24.5 Å². The fourth-order valence-corrected chi connectivity index (χ4v) is 1.59. The van der Waals surface area contributed by atoms with E-state index >= 15 is 0 Å². The van der Waals surface area contributed by atoms with Gasteiger partial charge in [0.1, 0.15) is 0 Å². The van der Waals surface area contributed by atoms with Gasteiger partial charge >= 0.3 is 0 Å². The fourth-order valence-electron chi connectivity index (χ4n) is 1.59. The minimum atomic E-state index is 1.06. The zero-order chi connectivity index (χ0) is 8.97. The van der Waals surface area contributed by atoms with Crippen LogP contribution in [0.5, 0.6) is 0 Å². The third kappa shape index (κ3) is 2.82. The number of likely N-dealkylation sites (tertiary alicyclic amines) is 1. The molecule has 1 rings (SSSR count). The van der Waals surface area contributed by atoms with Crippen LogP contribution in [0.1, 0.15) is 26.2 Å². The van der Waals surface area contributed by atoms with Crippen LogP contribution in [0.15, 0.2) is 24.3 Å². The lowest BCUT2D eigenvalue weighted by Crippen LogP contribution is -2.32. The quantitative estimate of drug-likeness (QED) is 0.581. The Labute approximate surface area is 75.8 Å². The molecule has 1 heteroatoms. The van der Waals surface area contributed by atoms with E-state index in [9.17, 15) is 0 Å². The minimum Gasteiger partial charge on any atom is -0.296 e. The summed E-state index contributed by atoms with van der Waals surface area (Å²) in [6.07, 6.45) is 3.59. The predicted molar refractivity (Wildman–Crippen MR) is 54.2 cm³/mol. The van der Waals surface area contributed by atoms with Crippen LogP contribution < -0.4 is 0 Å². The molecule has 0 aromatic rings. The maximum absolute atomic E-state index is 4.03. The van der Waals surface area contributed by atoms with Gasteiger partial charge in [-0.05, 0) is 25.8 Å². The fraction of sp³-hybridized carbons (Fsp3) is 0.636. The van der Waals surface area contributed by atoms with Gasteiger partial charge in [-0.15, -0.1) is 0 Å².